The molecule has 0 saturated heterocycles. The van der Waals surface area contributed by atoms with E-state index in [1.807, 2.05) is 59.1 Å². The standard InChI is InChI=1S/C24H22N6O2/c1-15(31)27-18-6-8-19(9-7-18)28-22-23-26-14-21(30(23)13-12-25-22)16-2-4-17(5-3-16)24(32)29-20-10-11-20/h2-9,12-14,20H,10-11H2,1H3,(H,25,28)(H,27,31)(H,29,32). The second kappa shape index (κ2) is 8.14. The maximum absolute atomic E-state index is 12.2. The lowest BCUT2D eigenvalue weighted by atomic mass is 10.1. The van der Waals surface area contributed by atoms with E-state index in [0.29, 0.717) is 23.1 Å². The Balaban J connectivity index is 1.38. The molecule has 160 valence electrons. The highest BCUT2D eigenvalue weighted by Crippen LogP contribution is 2.26. The van der Waals surface area contributed by atoms with Crippen LogP contribution in [0.2, 0.25) is 0 Å². The first-order valence-corrected chi connectivity index (χ1v) is 10.4. The van der Waals surface area contributed by atoms with Crippen LogP contribution in [0.3, 0.4) is 0 Å². The van der Waals surface area contributed by atoms with Crippen molar-refractivity contribution in [3.63, 3.8) is 0 Å². The summed E-state index contributed by atoms with van der Waals surface area (Å²) in [7, 11) is 0. The van der Waals surface area contributed by atoms with Gasteiger partial charge in [0.25, 0.3) is 5.91 Å². The number of amides is 2. The molecule has 0 aliphatic heterocycles. The van der Waals surface area contributed by atoms with Crippen molar-refractivity contribution in [2.24, 2.45) is 0 Å². The van der Waals surface area contributed by atoms with Crippen molar-refractivity contribution in [3.8, 4) is 11.3 Å². The molecule has 2 aromatic carbocycles. The first-order valence-electron chi connectivity index (χ1n) is 10.4. The number of fused-ring (bicyclic) bond motifs is 1. The van der Waals surface area contributed by atoms with Gasteiger partial charge in [-0.3, -0.25) is 14.0 Å². The SMILES string of the molecule is CC(=O)Nc1ccc(Nc2nccn3c(-c4ccc(C(=O)NC5CC5)cc4)cnc23)cc1. The Bertz CT molecular complexity index is 1290. The van der Waals surface area contributed by atoms with Crippen LogP contribution >= 0.6 is 0 Å². The van der Waals surface area contributed by atoms with Crippen molar-refractivity contribution in [1.29, 1.82) is 0 Å². The number of carbonyl (C=O) groups excluding carboxylic acids is 2. The monoisotopic (exact) mass is 426 g/mol. The Labute approximate surface area is 184 Å². The smallest absolute Gasteiger partial charge is 0.251 e. The van der Waals surface area contributed by atoms with E-state index in [0.717, 1.165) is 35.5 Å². The van der Waals surface area contributed by atoms with Gasteiger partial charge in [-0.15, -0.1) is 0 Å². The van der Waals surface area contributed by atoms with Gasteiger partial charge in [0.05, 0.1) is 11.9 Å². The second-order valence-electron chi connectivity index (χ2n) is 7.82. The summed E-state index contributed by atoms with van der Waals surface area (Å²) in [5, 5.41) is 9.03. The zero-order valence-corrected chi connectivity index (χ0v) is 17.5. The van der Waals surface area contributed by atoms with Crippen LogP contribution in [0, 0.1) is 0 Å². The van der Waals surface area contributed by atoms with Gasteiger partial charge in [-0.1, -0.05) is 12.1 Å². The lowest BCUT2D eigenvalue weighted by Crippen LogP contribution is -2.25. The summed E-state index contributed by atoms with van der Waals surface area (Å²) in [5.41, 5.74) is 4.75. The van der Waals surface area contributed by atoms with Gasteiger partial charge in [-0.25, -0.2) is 9.97 Å². The fourth-order valence-corrected chi connectivity index (χ4v) is 3.49. The van der Waals surface area contributed by atoms with Gasteiger partial charge >= 0.3 is 0 Å². The number of hydrogen-bond acceptors (Lipinski definition) is 5. The van der Waals surface area contributed by atoms with Gasteiger partial charge in [0.1, 0.15) is 0 Å². The van der Waals surface area contributed by atoms with Crippen LogP contribution in [0.1, 0.15) is 30.1 Å². The topological polar surface area (TPSA) is 100 Å². The molecule has 0 unspecified atom stereocenters. The van der Waals surface area contributed by atoms with Crippen LogP contribution in [0.5, 0.6) is 0 Å². The Morgan fingerprint density at radius 2 is 1.69 bits per heavy atom. The molecule has 2 heterocycles. The molecular formula is C24H22N6O2. The predicted octanol–water partition coefficient (Wildman–Crippen LogP) is 3.99. The number of anilines is 3. The van der Waals surface area contributed by atoms with E-state index in [1.54, 1.807) is 12.4 Å². The highest BCUT2D eigenvalue weighted by Gasteiger charge is 2.23. The molecule has 8 nitrogen and oxygen atoms in total. The minimum absolute atomic E-state index is 0.0302. The molecule has 1 saturated carbocycles. The van der Waals surface area contributed by atoms with Gasteiger partial charge in [0.2, 0.25) is 5.91 Å². The maximum Gasteiger partial charge on any atom is 0.251 e. The molecule has 8 heteroatoms. The molecule has 0 spiro atoms. The summed E-state index contributed by atoms with van der Waals surface area (Å²) in [6, 6.07) is 15.2. The van der Waals surface area contributed by atoms with Crippen LogP contribution in [-0.2, 0) is 4.79 Å². The Morgan fingerprint density at radius 1 is 0.969 bits per heavy atom. The number of aromatic nitrogens is 3. The summed E-state index contributed by atoms with van der Waals surface area (Å²) in [6.07, 6.45) is 7.49. The molecule has 1 fully saturated rings. The van der Waals surface area contributed by atoms with Gasteiger partial charge in [-0.2, -0.15) is 0 Å². The molecule has 3 N–H and O–H groups in total. The van der Waals surface area contributed by atoms with Crippen LogP contribution in [0.15, 0.2) is 67.1 Å². The maximum atomic E-state index is 12.2. The third kappa shape index (κ3) is 4.15. The van der Waals surface area contributed by atoms with Gasteiger partial charge in [-0.05, 0) is 49.2 Å². The van der Waals surface area contributed by atoms with Crippen molar-refractivity contribution >= 4 is 34.7 Å². The van der Waals surface area contributed by atoms with E-state index < -0.39 is 0 Å². The first kappa shape index (κ1) is 19.7. The minimum atomic E-state index is -0.112. The number of carbonyl (C=O) groups is 2. The van der Waals surface area contributed by atoms with E-state index in [1.165, 1.54) is 6.92 Å². The fraction of sp³-hybridized carbons (Fsp3) is 0.167. The molecule has 5 rings (SSSR count). The molecule has 0 bridgehead atoms. The molecular weight excluding hydrogens is 404 g/mol. The minimum Gasteiger partial charge on any atom is -0.349 e. The Morgan fingerprint density at radius 3 is 2.38 bits per heavy atom. The quantitative estimate of drug-likeness (QED) is 0.433. The van der Waals surface area contributed by atoms with E-state index in [2.05, 4.69) is 25.9 Å². The van der Waals surface area contributed by atoms with Crippen molar-refractivity contribution in [3.05, 3.63) is 72.7 Å². The normalized spacial score (nSPS) is 13.0. The number of imidazole rings is 1. The van der Waals surface area contributed by atoms with Gasteiger partial charge < -0.3 is 16.0 Å². The van der Waals surface area contributed by atoms with E-state index >= 15 is 0 Å². The Kier molecular flexibility index (Phi) is 5.03. The van der Waals surface area contributed by atoms with Crippen molar-refractivity contribution in [2.75, 3.05) is 10.6 Å². The summed E-state index contributed by atoms with van der Waals surface area (Å²) in [4.78, 5) is 32.4. The van der Waals surface area contributed by atoms with Crippen LogP contribution in [0.25, 0.3) is 16.9 Å². The summed E-state index contributed by atoms with van der Waals surface area (Å²) >= 11 is 0. The van der Waals surface area contributed by atoms with E-state index in [9.17, 15) is 9.59 Å². The molecule has 2 amide bonds. The molecule has 4 aromatic rings. The van der Waals surface area contributed by atoms with Crippen LogP contribution in [0.4, 0.5) is 17.2 Å². The third-order valence-electron chi connectivity index (χ3n) is 5.25. The van der Waals surface area contributed by atoms with Crippen molar-refractivity contribution in [2.45, 2.75) is 25.8 Å². The third-order valence-corrected chi connectivity index (χ3v) is 5.25. The summed E-state index contributed by atoms with van der Waals surface area (Å²) in [6.45, 7) is 1.48. The number of benzene rings is 2. The molecule has 1 aliphatic carbocycles. The Hall–Kier alpha value is -4.20. The first-order chi connectivity index (χ1) is 15.6. The number of hydrogen-bond donors (Lipinski definition) is 3. The van der Waals surface area contributed by atoms with Crippen LogP contribution in [-0.4, -0.2) is 32.2 Å². The average Bonchev–Trinajstić information content (AvgIpc) is 3.50. The highest BCUT2D eigenvalue weighted by molar-refractivity contribution is 5.95. The molecule has 32 heavy (non-hydrogen) atoms. The molecule has 0 atom stereocenters. The van der Waals surface area contributed by atoms with Crippen LogP contribution < -0.4 is 16.0 Å². The largest absolute Gasteiger partial charge is 0.349 e. The predicted molar refractivity (Wildman–Crippen MR) is 123 cm³/mol. The van der Waals surface area contributed by atoms with E-state index in [4.69, 9.17) is 0 Å². The molecule has 1 aliphatic rings. The van der Waals surface area contributed by atoms with Crippen molar-refractivity contribution < 1.29 is 9.59 Å². The van der Waals surface area contributed by atoms with Gasteiger partial charge in [0.15, 0.2) is 11.5 Å². The van der Waals surface area contributed by atoms with E-state index in [-0.39, 0.29) is 11.8 Å². The van der Waals surface area contributed by atoms with Gasteiger partial charge in [0, 0.05) is 47.9 Å². The zero-order chi connectivity index (χ0) is 22.1. The fourth-order valence-electron chi connectivity index (χ4n) is 3.49. The van der Waals surface area contributed by atoms with Crippen molar-refractivity contribution in [1.82, 2.24) is 19.7 Å². The highest BCUT2D eigenvalue weighted by atomic mass is 16.2. The molecule has 0 radical (unpaired) electrons. The lowest BCUT2D eigenvalue weighted by Gasteiger charge is -2.09. The average molecular weight is 426 g/mol. The lowest BCUT2D eigenvalue weighted by molar-refractivity contribution is -0.114. The second-order valence-corrected chi connectivity index (χ2v) is 7.82. The number of rotatable bonds is 6. The molecule has 2 aromatic heterocycles. The zero-order valence-electron chi connectivity index (χ0n) is 17.5. The summed E-state index contributed by atoms with van der Waals surface area (Å²) < 4.78 is 1.96. The summed E-state index contributed by atoms with van der Waals surface area (Å²) in [5.74, 6) is 0.475. The number of nitrogens with one attached hydrogen (secondary N) is 3. The number of nitrogens with zero attached hydrogens (tertiary/aromatic N) is 3.